The van der Waals surface area contributed by atoms with Gasteiger partial charge in [-0.3, -0.25) is 4.79 Å². The highest BCUT2D eigenvalue weighted by molar-refractivity contribution is 6.31. The van der Waals surface area contributed by atoms with Gasteiger partial charge in [0.1, 0.15) is 0 Å². The normalized spacial score (nSPS) is 23.0. The number of carbonyl (C=O) groups is 1. The summed E-state index contributed by atoms with van der Waals surface area (Å²) in [6.07, 6.45) is 5.42. The summed E-state index contributed by atoms with van der Waals surface area (Å²) in [6.45, 7) is 2.97. The number of nitrogens with one attached hydrogen (secondary N) is 1. The summed E-state index contributed by atoms with van der Waals surface area (Å²) >= 11 is 6.20. The first kappa shape index (κ1) is 14.9. The number of nitrogens with zero attached hydrogens (tertiary/aromatic N) is 1. The molecule has 1 heterocycles. The second-order valence-electron chi connectivity index (χ2n) is 6.26. The maximum atomic E-state index is 12.2. The summed E-state index contributed by atoms with van der Waals surface area (Å²) in [5, 5.41) is 3.99. The highest BCUT2D eigenvalue weighted by atomic mass is 35.5. The van der Waals surface area contributed by atoms with Crippen LogP contribution in [0.5, 0.6) is 0 Å². The van der Waals surface area contributed by atoms with Gasteiger partial charge < -0.3 is 10.2 Å². The third-order valence-electron chi connectivity index (χ3n) is 4.46. The number of piperidine rings is 1. The van der Waals surface area contributed by atoms with E-state index in [1.807, 2.05) is 18.2 Å². The van der Waals surface area contributed by atoms with Crippen LogP contribution in [-0.4, -0.2) is 36.5 Å². The molecule has 1 aliphatic carbocycles. The van der Waals surface area contributed by atoms with Crippen LogP contribution in [0.4, 0.5) is 0 Å². The van der Waals surface area contributed by atoms with Gasteiger partial charge in [-0.25, -0.2) is 0 Å². The maximum Gasteiger partial charge on any atom is 0.224 e. The molecule has 0 bridgehead atoms. The number of likely N-dealkylation sites (tertiary alicyclic amines) is 1. The van der Waals surface area contributed by atoms with Crippen molar-refractivity contribution in [1.82, 2.24) is 10.2 Å². The van der Waals surface area contributed by atoms with Crippen LogP contribution in [0.1, 0.15) is 31.2 Å². The molecular formula is C17H23ClN2O. The number of rotatable bonds is 5. The van der Waals surface area contributed by atoms with Gasteiger partial charge in [0.15, 0.2) is 0 Å². The van der Waals surface area contributed by atoms with E-state index in [-0.39, 0.29) is 11.8 Å². The van der Waals surface area contributed by atoms with E-state index >= 15 is 0 Å². The third-order valence-corrected chi connectivity index (χ3v) is 4.82. The Morgan fingerprint density at radius 1 is 1.29 bits per heavy atom. The van der Waals surface area contributed by atoms with Crippen LogP contribution in [0.15, 0.2) is 24.3 Å². The first-order valence-electron chi connectivity index (χ1n) is 7.98. The average Bonchev–Trinajstić information content (AvgIpc) is 3.31. The smallest absolute Gasteiger partial charge is 0.224 e. The Kier molecular flexibility index (Phi) is 4.81. The molecule has 114 valence electrons. The van der Waals surface area contributed by atoms with Gasteiger partial charge in [0.25, 0.3) is 0 Å². The molecule has 3 nitrogen and oxygen atoms in total. The fourth-order valence-electron chi connectivity index (χ4n) is 3.00. The summed E-state index contributed by atoms with van der Waals surface area (Å²) in [5.41, 5.74) is 1.20. The Labute approximate surface area is 131 Å². The first-order chi connectivity index (χ1) is 10.2. The minimum absolute atomic E-state index is 0.172. The molecule has 0 spiro atoms. The average molecular weight is 307 g/mol. The largest absolute Gasteiger partial charge is 0.353 e. The molecule has 1 unspecified atom stereocenters. The van der Waals surface area contributed by atoms with Crippen LogP contribution in [0.2, 0.25) is 5.02 Å². The maximum absolute atomic E-state index is 12.2. The third kappa shape index (κ3) is 4.21. The predicted molar refractivity (Wildman–Crippen MR) is 85.5 cm³/mol. The van der Waals surface area contributed by atoms with Gasteiger partial charge in [0, 0.05) is 24.2 Å². The summed E-state index contributed by atoms with van der Waals surface area (Å²) in [4.78, 5) is 14.6. The van der Waals surface area contributed by atoms with Gasteiger partial charge >= 0.3 is 0 Å². The molecule has 2 aliphatic rings. The second kappa shape index (κ2) is 6.80. The monoisotopic (exact) mass is 306 g/mol. The van der Waals surface area contributed by atoms with Crippen molar-refractivity contribution in [1.29, 1.82) is 0 Å². The molecule has 1 saturated heterocycles. The molecule has 1 aromatic carbocycles. The lowest BCUT2D eigenvalue weighted by Gasteiger charge is -2.32. The van der Waals surface area contributed by atoms with E-state index in [4.69, 9.17) is 11.6 Å². The molecule has 2 fully saturated rings. The highest BCUT2D eigenvalue weighted by Gasteiger charge is 2.30. The van der Waals surface area contributed by atoms with Crippen molar-refractivity contribution in [2.75, 3.05) is 19.6 Å². The fraction of sp³-hybridized carbons (Fsp3) is 0.588. The van der Waals surface area contributed by atoms with Gasteiger partial charge in [-0.15, -0.1) is 0 Å². The van der Waals surface area contributed by atoms with Crippen LogP contribution >= 0.6 is 11.6 Å². The van der Waals surface area contributed by atoms with Crippen molar-refractivity contribution in [2.45, 2.75) is 38.1 Å². The summed E-state index contributed by atoms with van der Waals surface area (Å²) in [7, 11) is 0. The number of halogens is 1. The van der Waals surface area contributed by atoms with E-state index in [2.05, 4.69) is 16.3 Å². The van der Waals surface area contributed by atoms with E-state index in [0.717, 1.165) is 56.8 Å². The lowest BCUT2D eigenvalue weighted by Crippen LogP contribution is -2.44. The molecule has 0 aromatic heterocycles. The topological polar surface area (TPSA) is 32.3 Å². The molecule has 0 radical (unpaired) electrons. The van der Waals surface area contributed by atoms with Crippen molar-refractivity contribution in [2.24, 2.45) is 5.92 Å². The molecule has 1 atom stereocenters. The first-order valence-corrected chi connectivity index (χ1v) is 8.36. The molecule has 3 rings (SSSR count). The molecule has 1 saturated carbocycles. The zero-order chi connectivity index (χ0) is 14.7. The molecule has 21 heavy (non-hydrogen) atoms. The summed E-state index contributed by atoms with van der Waals surface area (Å²) in [6, 6.07) is 8.49. The van der Waals surface area contributed by atoms with Crippen LogP contribution in [0, 0.1) is 5.92 Å². The van der Waals surface area contributed by atoms with Crippen molar-refractivity contribution in [3.63, 3.8) is 0 Å². The number of carbonyl (C=O) groups excluding carboxylic acids is 1. The molecular weight excluding hydrogens is 284 g/mol. The molecule has 4 heteroatoms. The Balaban J connectivity index is 1.49. The Hall–Kier alpha value is -1.06. The van der Waals surface area contributed by atoms with Crippen molar-refractivity contribution < 1.29 is 4.79 Å². The number of hydrogen-bond acceptors (Lipinski definition) is 2. The Bertz CT molecular complexity index is 501. The lowest BCUT2D eigenvalue weighted by molar-refractivity contribution is -0.126. The summed E-state index contributed by atoms with van der Waals surface area (Å²) in [5.74, 6) is 0.436. The van der Waals surface area contributed by atoms with Crippen LogP contribution in [0.3, 0.4) is 0 Å². The van der Waals surface area contributed by atoms with Crippen LogP contribution in [0.25, 0.3) is 0 Å². The highest BCUT2D eigenvalue weighted by Crippen LogP contribution is 2.23. The molecule has 1 amide bonds. The van der Waals surface area contributed by atoms with Gasteiger partial charge in [0.05, 0.1) is 5.92 Å². The van der Waals surface area contributed by atoms with Crippen LogP contribution in [-0.2, 0) is 11.2 Å². The van der Waals surface area contributed by atoms with Crippen LogP contribution < -0.4 is 5.32 Å². The minimum atomic E-state index is 0.172. The molecule has 1 N–H and O–H groups in total. The molecule has 1 aromatic rings. The summed E-state index contributed by atoms with van der Waals surface area (Å²) < 4.78 is 0. The van der Waals surface area contributed by atoms with Crippen molar-refractivity contribution in [3.05, 3.63) is 34.9 Å². The predicted octanol–water partition coefficient (Wildman–Crippen LogP) is 2.87. The van der Waals surface area contributed by atoms with E-state index < -0.39 is 0 Å². The van der Waals surface area contributed by atoms with E-state index in [0.29, 0.717) is 6.04 Å². The van der Waals surface area contributed by atoms with Gasteiger partial charge in [0.2, 0.25) is 5.91 Å². The Morgan fingerprint density at radius 3 is 2.86 bits per heavy atom. The molecule has 1 aliphatic heterocycles. The van der Waals surface area contributed by atoms with E-state index in [1.165, 1.54) is 5.56 Å². The van der Waals surface area contributed by atoms with Crippen molar-refractivity contribution >= 4 is 17.5 Å². The number of hydrogen-bond donors (Lipinski definition) is 1. The van der Waals surface area contributed by atoms with Gasteiger partial charge in [-0.05, 0) is 50.3 Å². The van der Waals surface area contributed by atoms with Gasteiger partial charge in [-0.1, -0.05) is 29.8 Å². The number of benzene rings is 1. The zero-order valence-electron chi connectivity index (χ0n) is 12.4. The van der Waals surface area contributed by atoms with Crippen molar-refractivity contribution in [3.8, 4) is 0 Å². The quantitative estimate of drug-likeness (QED) is 0.907. The SMILES string of the molecule is O=C(NC1CC1)C1CCCN(CCc2ccccc2Cl)C1. The zero-order valence-corrected chi connectivity index (χ0v) is 13.1. The number of amides is 1. The fourth-order valence-corrected chi connectivity index (χ4v) is 3.23. The van der Waals surface area contributed by atoms with Gasteiger partial charge in [-0.2, -0.15) is 0 Å². The van der Waals surface area contributed by atoms with E-state index in [1.54, 1.807) is 0 Å². The minimum Gasteiger partial charge on any atom is -0.353 e. The lowest BCUT2D eigenvalue weighted by atomic mass is 9.96. The standard InChI is InChI=1S/C17H23ClN2O/c18-16-6-2-1-4-13(16)9-11-20-10-3-5-14(12-20)17(21)19-15-7-8-15/h1-2,4,6,14-15H,3,5,7-12H2,(H,19,21). The Morgan fingerprint density at radius 2 is 2.10 bits per heavy atom. The second-order valence-corrected chi connectivity index (χ2v) is 6.67. The van der Waals surface area contributed by atoms with E-state index in [9.17, 15) is 4.79 Å².